The van der Waals surface area contributed by atoms with E-state index >= 15 is 0 Å². The summed E-state index contributed by atoms with van der Waals surface area (Å²) in [5.41, 5.74) is -0.217. The van der Waals surface area contributed by atoms with Crippen LogP contribution in [0.2, 0.25) is 0 Å². The Balaban J connectivity index is 1.70. The molecule has 1 amide bonds. The number of benzene rings is 1. The van der Waals surface area contributed by atoms with Crippen LogP contribution in [0.25, 0.3) is 0 Å². The smallest absolute Gasteiger partial charge is 0.254 e. The average molecular weight is 266 g/mol. The topological polar surface area (TPSA) is 41.1 Å². The van der Waals surface area contributed by atoms with Gasteiger partial charge in [-0.1, -0.05) is 6.07 Å². The fraction of sp³-hybridized carbons (Fsp3) is 0.500. The number of rotatable bonds is 2. The molecule has 2 atom stereocenters. The van der Waals surface area contributed by atoms with Gasteiger partial charge in [-0.25, -0.2) is 8.78 Å². The Labute approximate surface area is 110 Å². The molecule has 2 fully saturated rings. The zero-order chi connectivity index (χ0) is 13.4. The Morgan fingerprint density at radius 1 is 1.21 bits per heavy atom. The summed E-state index contributed by atoms with van der Waals surface area (Å²) in [7, 11) is 0. The summed E-state index contributed by atoms with van der Waals surface area (Å²) in [6, 6.07) is 4.61. The van der Waals surface area contributed by atoms with E-state index in [-0.39, 0.29) is 11.6 Å². The van der Waals surface area contributed by atoms with Gasteiger partial charge in [0, 0.05) is 18.1 Å². The molecule has 0 aliphatic carbocycles. The number of hydrogen-bond donors (Lipinski definition) is 2. The molecule has 102 valence electrons. The molecule has 3 nitrogen and oxygen atoms in total. The number of halogens is 2. The van der Waals surface area contributed by atoms with Crippen molar-refractivity contribution in [3.05, 3.63) is 35.4 Å². The highest BCUT2D eigenvalue weighted by molar-refractivity contribution is 5.94. The second kappa shape index (κ2) is 4.89. The van der Waals surface area contributed by atoms with Gasteiger partial charge in [-0.3, -0.25) is 4.79 Å². The molecule has 19 heavy (non-hydrogen) atoms. The molecular formula is C14H16F2N2O. The first kappa shape index (κ1) is 12.5. The normalized spacial score (nSPS) is 29.3. The fourth-order valence-corrected chi connectivity index (χ4v) is 3.12. The number of piperidine rings is 1. The predicted molar refractivity (Wildman–Crippen MR) is 66.8 cm³/mol. The molecule has 0 radical (unpaired) electrons. The van der Waals surface area contributed by atoms with E-state index in [9.17, 15) is 13.6 Å². The van der Waals surface area contributed by atoms with E-state index in [1.807, 2.05) is 0 Å². The number of nitrogens with one attached hydrogen (secondary N) is 2. The molecule has 1 aromatic carbocycles. The van der Waals surface area contributed by atoms with Crippen LogP contribution in [0.15, 0.2) is 18.2 Å². The lowest BCUT2D eigenvalue weighted by atomic mass is 9.99. The summed E-state index contributed by atoms with van der Waals surface area (Å²) in [6.07, 6.45) is 3.98. The highest BCUT2D eigenvalue weighted by atomic mass is 19.2. The zero-order valence-corrected chi connectivity index (χ0v) is 10.5. The molecule has 0 spiro atoms. The summed E-state index contributed by atoms with van der Waals surface area (Å²) in [6.45, 7) is 0. The lowest BCUT2D eigenvalue weighted by Crippen LogP contribution is -2.48. The maximum absolute atomic E-state index is 13.5. The first-order valence-electron chi connectivity index (χ1n) is 6.64. The molecule has 2 aliphatic heterocycles. The Kier molecular flexibility index (Phi) is 3.22. The van der Waals surface area contributed by atoms with Crippen LogP contribution < -0.4 is 10.6 Å². The van der Waals surface area contributed by atoms with Crippen LogP contribution in [-0.4, -0.2) is 24.0 Å². The van der Waals surface area contributed by atoms with Crippen molar-refractivity contribution in [2.24, 2.45) is 0 Å². The maximum Gasteiger partial charge on any atom is 0.254 e. The molecular weight excluding hydrogens is 250 g/mol. The number of carbonyl (C=O) groups excluding carboxylic acids is 1. The number of amides is 1. The van der Waals surface area contributed by atoms with Crippen molar-refractivity contribution in [3.63, 3.8) is 0 Å². The van der Waals surface area contributed by atoms with E-state index in [4.69, 9.17) is 0 Å². The van der Waals surface area contributed by atoms with Gasteiger partial charge in [0.15, 0.2) is 11.6 Å². The Morgan fingerprint density at radius 2 is 1.89 bits per heavy atom. The molecule has 2 unspecified atom stereocenters. The average Bonchev–Trinajstić information content (AvgIpc) is 2.72. The molecule has 1 aromatic rings. The van der Waals surface area contributed by atoms with Gasteiger partial charge in [-0.05, 0) is 37.8 Å². The van der Waals surface area contributed by atoms with Crippen LogP contribution >= 0.6 is 0 Å². The first-order chi connectivity index (χ1) is 9.13. The maximum atomic E-state index is 13.5. The number of fused-ring (bicyclic) bond motifs is 2. The molecule has 2 aliphatic rings. The van der Waals surface area contributed by atoms with Crippen LogP contribution in [0.1, 0.15) is 36.0 Å². The van der Waals surface area contributed by atoms with E-state index in [1.54, 1.807) is 0 Å². The third-order valence-electron chi connectivity index (χ3n) is 4.00. The molecule has 2 bridgehead atoms. The number of carbonyl (C=O) groups is 1. The minimum absolute atomic E-state index is 0.0499. The number of hydrogen-bond acceptors (Lipinski definition) is 2. The van der Waals surface area contributed by atoms with Gasteiger partial charge in [0.05, 0.1) is 5.56 Å². The standard InChI is InChI=1S/C14H16F2N2O/c15-12-3-1-2-11(13(12)16)14(19)18-10-6-8-4-5-9(7-10)17-8/h1-3,8-10,17H,4-7H2,(H,18,19). The lowest BCUT2D eigenvalue weighted by molar-refractivity contribution is 0.0919. The Bertz CT molecular complexity index is 494. The minimum Gasteiger partial charge on any atom is -0.349 e. The van der Waals surface area contributed by atoms with Gasteiger partial charge < -0.3 is 10.6 Å². The van der Waals surface area contributed by atoms with Crippen LogP contribution in [0.5, 0.6) is 0 Å². The molecule has 0 saturated carbocycles. The van der Waals surface area contributed by atoms with Crippen molar-refractivity contribution < 1.29 is 13.6 Å². The molecule has 2 saturated heterocycles. The first-order valence-corrected chi connectivity index (χ1v) is 6.64. The van der Waals surface area contributed by atoms with Gasteiger partial charge in [-0.2, -0.15) is 0 Å². The highest BCUT2D eigenvalue weighted by Gasteiger charge is 2.34. The SMILES string of the molecule is O=C(NC1CC2CCC(C1)N2)c1cccc(F)c1F. The van der Waals surface area contributed by atoms with Gasteiger partial charge in [0.1, 0.15) is 0 Å². The quantitative estimate of drug-likeness (QED) is 0.859. The van der Waals surface area contributed by atoms with Crippen LogP contribution in [0, 0.1) is 11.6 Å². The highest BCUT2D eigenvalue weighted by Crippen LogP contribution is 2.27. The predicted octanol–water partition coefficient (Wildman–Crippen LogP) is 1.98. The minimum atomic E-state index is -1.07. The van der Waals surface area contributed by atoms with E-state index in [0.29, 0.717) is 12.1 Å². The van der Waals surface area contributed by atoms with Crippen molar-refractivity contribution >= 4 is 5.91 Å². The summed E-state index contributed by atoms with van der Waals surface area (Å²) in [4.78, 5) is 12.0. The van der Waals surface area contributed by atoms with E-state index in [1.165, 1.54) is 12.1 Å². The van der Waals surface area contributed by atoms with Crippen LogP contribution in [-0.2, 0) is 0 Å². The van der Waals surface area contributed by atoms with Crippen molar-refractivity contribution in [1.82, 2.24) is 10.6 Å². The molecule has 0 aromatic heterocycles. The largest absolute Gasteiger partial charge is 0.349 e. The molecule has 2 N–H and O–H groups in total. The molecule has 3 rings (SSSR count). The van der Waals surface area contributed by atoms with Gasteiger partial charge in [0.2, 0.25) is 0 Å². The second-order valence-corrected chi connectivity index (χ2v) is 5.38. The van der Waals surface area contributed by atoms with Crippen molar-refractivity contribution in [1.29, 1.82) is 0 Å². The zero-order valence-electron chi connectivity index (χ0n) is 10.5. The van der Waals surface area contributed by atoms with E-state index in [0.717, 1.165) is 31.7 Å². The van der Waals surface area contributed by atoms with E-state index < -0.39 is 17.5 Å². The lowest BCUT2D eigenvalue weighted by Gasteiger charge is -2.29. The van der Waals surface area contributed by atoms with E-state index in [2.05, 4.69) is 10.6 Å². The van der Waals surface area contributed by atoms with Gasteiger partial charge in [-0.15, -0.1) is 0 Å². The molecule has 5 heteroatoms. The van der Waals surface area contributed by atoms with Crippen LogP contribution in [0.4, 0.5) is 8.78 Å². The third kappa shape index (κ3) is 2.47. The summed E-state index contributed by atoms with van der Waals surface area (Å²) in [5, 5.41) is 6.29. The summed E-state index contributed by atoms with van der Waals surface area (Å²) < 4.78 is 26.6. The molecule has 2 heterocycles. The van der Waals surface area contributed by atoms with Crippen molar-refractivity contribution in [2.75, 3.05) is 0 Å². The monoisotopic (exact) mass is 266 g/mol. The van der Waals surface area contributed by atoms with Crippen LogP contribution in [0.3, 0.4) is 0 Å². The van der Waals surface area contributed by atoms with Crippen molar-refractivity contribution in [2.45, 2.75) is 43.8 Å². The summed E-state index contributed by atoms with van der Waals surface area (Å²) >= 11 is 0. The van der Waals surface area contributed by atoms with Gasteiger partial charge in [0.25, 0.3) is 5.91 Å². The van der Waals surface area contributed by atoms with Crippen molar-refractivity contribution in [3.8, 4) is 0 Å². The second-order valence-electron chi connectivity index (χ2n) is 5.38. The van der Waals surface area contributed by atoms with Gasteiger partial charge >= 0.3 is 0 Å². The summed E-state index contributed by atoms with van der Waals surface area (Å²) in [5.74, 6) is -2.58. The Hall–Kier alpha value is -1.49. The fourth-order valence-electron chi connectivity index (χ4n) is 3.12. The Morgan fingerprint density at radius 3 is 2.58 bits per heavy atom. The third-order valence-corrected chi connectivity index (χ3v) is 4.00.